The largest absolute Gasteiger partial charge is 0.359 e. The molecule has 0 aromatic heterocycles. The van der Waals surface area contributed by atoms with Crippen LogP contribution >= 0.6 is 0 Å². The lowest BCUT2D eigenvalue weighted by atomic mass is 9.73. The van der Waals surface area contributed by atoms with Gasteiger partial charge in [0.25, 0.3) is 0 Å². The Morgan fingerprint density at radius 1 is 0.950 bits per heavy atom. The third-order valence-corrected chi connectivity index (χ3v) is 4.74. The van der Waals surface area contributed by atoms with Crippen molar-refractivity contribution in [2.45, 2.75) is 25.0 Å². The highest BCUT2D eigenvalue weighted by Gasteiger charge is 2.70. The van der Waals surface area contributed by atoms with E-state index in [9.17, 15) is 9.59 Å². The van der Waals surface area contributed by atoms with Gasteiger partial charge in [0.1, 0.15) is 0 Å². The average Bonchev–Trinajstić information content (AvgIpc) is 2.96. The highest BCUT2D eigenvalue weighted by Crippen LogP contribution is 2.57. The van der Waals surface area contributed by atoms with E-state index in [0.717, 1.165) is 0 Å². The topological polar surface area (TPSA) is 46.6 Å². The molecule has 1 aromatic carbocycles. The Bertz CT molecular complexity index is 617. The van der Waals surface area contributed by atoms with Crippen molar-refractivity contribution in [2.75, 3.05) is 4.90 Å². The smallest absolute Gasteiger partial charge is 0.241 e. The summed E-state index contributed by atoms with van der Waals surface area (Å²) in [4.78, 5) is 26.8. The normalized spacial score (nSPS) is 41.6. The van der Waals surface area contributed by atoms with Crippen LogP contribution in [0.15, 0.2) is 42.5 Å². The van der Waals surface area contributed by atoms with Crippen LogP contribution in [0.25, 0.3) is 0 Å². The summed E-state index contributed by atoms with van der Waals surface area (Å²) in [5, 5.41) is 0. The molecule has 1 aromatic rings. The van der Waals surface area contributed by atoms with Gasteiger partial charge >= 0.3 is 0 Å². The Morgan fingerprint density at radius 2 is 1.45 bits per heavy atom. The standard InChI is InChI=1S/C16H15NO3/c1-15-8-9-16(2,20-15)12-11(15)13(18)17(14(12)19)10-6-4-3-5-7-10/h3-9,11-12H,1-2H3/t11-,12+,15-,16-/m0/s1. The molecule has 4 nitrogen and oxygen atoms in total. The molecule has 0 saturated carbocycles. The van der Waals surface area contributed by atoms with Gasteiger partial charge in [-0.25, -0.2) is 4.90 Å². The van der Waals surface area contributed by atoms with E-state index < -0.39 is 23.0 Å². The van der Waals surface area contributed by atoms with Crippen LogP contribution in [-0.2, 0) is 14.3 Å². The number of imide groups is 1. The summed E-state index contributed by atoms with van der Waals surface area (Å²) < 4.78 is 5.96. The number of amides is 2. The lowest BCUT2D eigenvalue weighted by Gasteiger charge is -2.25. The summed E-state index contributed by atoms with van der Waals surface area (Å²) in [6, 6.07) is 9.11. The van der Waals surface area contributed by atoms with Crippen molar-refractivity contribution in [1.82, 2.24) is 0 Å². The first-order valence-corrected chi connectivity index (χ1v) is 6.80. The van der Waals surface area contributed by atoms with Crippen LogP contribution in [0.1, 0.15) is 13.8 Å². The second kappa shape index (κ2) is 3.38. The highest BCUT2D eigenvalue weighted by molar-refractivity contribution is 6.23. The quantitative estimate of drug-likeness (QED) is 0.578. The number of para-hydroxylation sites is 1. The molecule has 4 rings (SSSR count). The number of fused-ring (bicyclic) bond motifs is 5. The van der Waals surface area contributed by atoms with E-state index >= 15 is 0 Å². The molecule has 20 heavy (non-hydrogen) atoms. The number of hydrogen-bond donors (Lipinski definition) is 0. The van der Waals surface area contributed by atoms with Crippen molar-refractivity contribution in [3.63, 3.8) is 0 Å². The van der Waals surface area contributed by atoms with Crippen molar-refractivity contribution in [2.24, 2.45) is 11.8 Å². The molecule has 102 valence electrons. The Kier molecular flexibility index (Phi) is 2.01. The highest BCUT2D eigenvalue weighted by atomic mass is 16.5. The minimum absolute atomic E-state index is 0.151. The second-order valence-electron chi connectivity index (χ2n) is 6.11. The molecule has 3 heterocycles. The van der Waals surface area contributed by atoms with Gasteiger partial charge in [-0.1, -0.05) is 30.4 Å². The van der Waals surface area contributed by atoms with Gasteiger partial charge < -0.3 is 4.74 Å². The van der Waals surface area contributed by atoms with Gasteiger partial charge in [-0.15, -0.1) is 0 Å². The van der Waals surface area contributed by atoms with Crippen molar-refractivity contribution in [3.05, 3.63) is 42.5 Å². The van der Waals surface area contributed by atoms with Crippen LogP contribution in [-0.4, -0.2) is 23.0 Å². The third-order valence-electron chi connectivity index (χ3n) is 4.74. The zero-order valence-corrected chi connectivity index (χ0v) is 11.4. The maximum Gasteiger partial charge on any atom is 0.241 e. The van der Waals surface area contributed by atoms with Crippen LogP contribution in [0.4, 0.5) is 5.69 Å². The molecule has 0 radical (unpaired) electrons. The number of carbonyl (C=O) groups excluding carboxylic acids is 2. The van der Waals surface area contributed by atoms with E-state index in [-0.39, 0.29) is 11.8 Å². The number of ether oxygens (including phenoxy) is 1. The molecule has 0 aliphatic carbocycles. The third kappa shape index (κ3) is 1.20. The van der Waals surface area contributed by atoms with Gasteiger partial charge in [0.15, 0.2) is 0 Å². The Balaban J connectivity index is 1.83. The van der Waals surface area contributed by atoms with Gasteiger partial charge in [0.05, 0.1) is 28.7 Å². The van der Waals surface area contributed by atoms with E-state index in [2.05, 4.69) is 0 Å². The van der Waals surface area contributed by atoms with E-state index in [1.165, 1.54) is 4.90 Å². The summed E-state index contributed by atoms with van der Waals surface area (Å²) in [7, 11) is 0. The maximum atomic E-state index is 12.7. The van der Waals surface area contributed by atoms with E-state index in [1.807, 2.05) is 44.2 Å². The molecule has 4 atom stereocenters. The Labute approximate surface area is 117 Å². The number of anilines is 1. The van der Waals surface area contributed by atoms with Gasteiger partial charge in [-0.2, -0.15) is 0 Å². The molecule has 4 heteroatoms. The molecule has 0 N–H and O–H groups in total. The van der Waals surface area contributed by atoms with Crippen molar-refractivity contribution < 1.29 is 14.3 Å². The predicted octanol–water partition coefficient (Wildman–Crippen LogP) is 1.91. The van der Waals surface area contributed by atoms with Crippen LogP contribution < -0.4 is 4.90 Å². The summed E-state index contributed by atoms with van der Waals surface area (Å²) >= 11 is 0. The zero-order chi connectivity index (χ0) is 14.1. The molecule has 3 aliphatic heterocycles. The molecule has 3 aliphatic rings. The predicted molar refractivity (Wildman–Crippen MR) is 73.0 cm³/mol. The first-order valence-electron chi connectivity index (χ1n) is 6.80. The maximum absolute atomic E-state index is 12.7. The van der Waals surface area contributed by atoms with Gasteiger partial charge in [0, 0.05) is 0 Å². The number of rotatable bonds is 1. The molecule has 2 amide bonds. The van der Waals surface area contributed by atoms with E-state index in [4.69, 9.17) is 4.74 Å². The summed E-state index contributed by atoms with van der Waals surface area (Å²) in [6.07, 6.45) is 3.85. The Hall–Kier alpha value is -1.94. The Morgan fingerprint density at radius 3 is 1.95 bits per heavy atom. The van der Waals surface area contributed by atoms with Crippen molar-refractivity contribution in [1.29, 1.82) is 0 Å². The molecule has 2 fully saturated rings. The van der Waals surface area contributed by atoms with E-state index in [1.54, 1.807) is 12.1 Å². The molecule has 2 saturated heterocycles. The van der Waals surface area contributed by atoms with Crippen LogP contribution in [0.2, 0.25) is 0 Å². The van der Waals surface area contributed by atoms with Gasteiger partial charge in [0.2, 0.25) is 11.8 Å². The van der Waals surface area contributed by atoms with Crippen LogP contribution in [0, 0.1) is 11.8 Å². The van der Waals surface area contributed by atoms with Crippen LogP contribution in [0.5, 0.6) is 0 Å². The second-order valence-corrected chi connectivity index (χ2v) is 6.11. The summed E-state index contributed by atoms with van der Waals surface area (Å²) in [6.45, 7) is 3.78. The summed E-state index contributed by atoms with van der Waals surface area (Å²) in [5.41, 5.74) is -0.672. The first-order chi connectivity index (χ1) is 9.46. The van der Waals surface area contributed by atoms with Crippen LogP contribution in [0.3, 0.4) is 0 Å². The lowest BCUT2D eigenvalue weighted by Crippen LogP contribution is -2.39. The molecule has 2 bridgehead atoms. The fraction of sp³-hybridized carbons (Fsp3) is 0.375. The average molecular weight is 269 g/mol. The summed E-state index contributed by atoms with van der Waals surface area (Å²) in [5.74, 6) is -1.13. The number of nitrogens with zero attached hydrogens (tertiary/aromatic N) is 1. The fourth-order valence-corrected chi connectivity index (χ4v) is 3.86. The molecule has 0 spiro atoms. The monoisotopic (exact) mass is 269 g/mol. The molecular weight excluding hydrogens is 254 g/mol. The van der Waals surface area contributed by atoms with Crippen molar-refractivity contribution in [3.8, 4) is 0 Å². The number of carbonyl (C=O) groups is 2. The minimum atomic E-state index is -0.657. The zero-order valence-electron chi connectivity index (χ0n) is 11.4. The fourth-order valence-electron chi connectivity index (χ4n) is 3.86. The molecular formula is C16H15NO3. The van der Waals surface area contributed by atoms with Gasteiger partial charge in [-0.3, -0.25) is 9.59 Å². The molecule has 0 unspecified atom stereocenters. The minimum Gasteiger partial charge on any atom is -0.359 e. The first kappa shape index (κ1) is 11.9. The number of benzene rings is 1. The SMILES string of the molecule is C[C@@]12C=C[C@](C)(O1)[C@H]1C(=O)N(c3ccccc3)C(=O)[C@H]12. The number of hydrogen-bond acceptors (Lipinski definition) is 3. The van der Waals surface area contributed by atoms with Gasteiger partial charge in [-0.05, 0) is 26.0 Å². The van der Waals surface area contributed by atoms with Crippen molar-refractivity contribution >= 4 is 17.5 Å². The van der Waals surface area contributed by atoms with E-state index in [0.29, 0.717) is 5.69 Å². The lowest BCUT2D eigenvalue weighted by molar-refractivity contribution is -0.128.